The summed E-state index contributed by atoms with van der Waals surface area (Å²) in [5, 5.41) is 3.28. The molecule has 0 saturated heterocycles. The van der Waals surface area contributed by atoms with Crippen LogP contribution in [0.3, 0.4) is 0 Å². The molecule has 0 amide bonds. The first kappa shape index (κ1) is 21.8. The molecule has 1 aromatic carbocycles. The van der Waals surface area contributed by atoms with Gasteiger partial charge in [0.2, 0.25) is 0 Å². The maximum Gasteiger partial charge on any atom is 0.0797 e. The zero-order chi connectivity index (χ0) is 17.5. The standard InChI is InChI=1S/C13H17NS.C7H17N/c1-3-8-13(15)14-12(4-2)11-9-6-5-7-10-11;1-4-7-8(5-2)6-3/h4-7,9-10H,3,8H2,1-2H3,(H,14,15);4-7H2,1-3H3/b12-4-;. The summed E-state index contributed by atoms with van der Waals surface area (Å²) in [6.45, 7) is 14.4. The zero-order valence-corrected chi connectivity index (χ0v) is 16.4. The topological polar surface area (TPSA) is 15.3 Å². The lowest BCUT2D eigenvalue weighted by Gasteiger charge is -2.15. The average molecular weight is 335 g/mol. The average Bonchev–Trinajstić information content (AvgIpc) is 2.59. The lowest BCUT2D eigenvalue weighted by molar-refractivity contribution is 0.304. The van der Waals surface area contributed by atoms with Crippen LogP contribution in [0.2, 0.25) is 0 Å². The highest BCUT2D eigenvalue weighted by Crippen LogP contribution is 2.11. The van der Waals surface area contributed by atoms with Crippen molar-refractivity contribution in [2.75, 3.05) is 19.6 Å². The Balaban J connectivity index is 0.000000515. The molecular weight excluding hydrogens is 300 g/mol. The van der Waals surface area contributed by atoms with Crippen molar-refractivity contribution in [3.05, 3.63) is 42.0 Å². The molecule has 0 aliphatic heterocycles. The zero-order valence-electron chi connectivity index (χ0n) is 15.6. The van der Waals surface area contributed by atoms with Gasteiger partial charge in [-0.05, 0) is 51.4 Å². The summed E-state index contributed by atoms with van der Waals surface area (Å²) in [6, 6.07) is 10.2. The van der Waals surface area contributed by atoms with Crippen molar-refractivity contribution >= 4 is 22.9 Å². The molecule has 0 aliphatic carbocycles. The van der Waals surface area contributed by atoms with Crippen LogP contribution in [0.15, 0.2) is 36.4 Å². The number of benzene rings is 1. The second-order valence-corrected chi connectivity index (χ2v) is 5.89. The number of thiocarbonyl (C=S) groups is 1. The normalized spacial score (nSPS) is 11.0. The van der Waals surface area contributed by atoms with Gasteiger partial charge in [0.05, 0.1) is 4.99 Å². The van der Waals surface area contributed by atoms with Crippen molar-refractivity contribution in [3.8, 4) is 0 Å². The summed E-state index contributed by atoms with van der Waals surface area (Å²) in [7, 11) is 0. The van der Waals surface area contributed by atoms with E-state index >= 15 is 0 Å². The van der Waals surface area contributed by atoms with Crippen molar-refractivity contribution in [3.63, 3.8) is 0 Å². The van der Waals surface area contributed by atoms with E-state index in [1.54, 1.807) is 0 Å². The van der Waals surface area contributed by atoms with E-state index in [0.717, 1.165) is 23.5 Å². The van der Waals surface area contributed by atoms with Gasteiger partial charge in [-0.25, -0.2) is 0 Å². The van der Waals surface area contributed by atoms with Gasteiger partial charge in [-0.15, -0.1) is 0 Å². The summed E-state index contributed by atoms with van der Waals surface area (Å²) in [6.07, 6.45) is 5.36. The van der Waals surface area contributed by atoms with Gasteiger partial charge in [0.15, 0.2) is 0 Å². The van der Waals surface area contributed by atoms with E-state index in [-0.39, 0.29) is 0 Å². The van der Waals surface area contributed by atoms with Crippen LogP contribution < -0.4 is 5.32 Å². The molecule has 2 nitrogen and oxygen atoms in total. The van der Waals surface area contributed by atoms with Crippen LogP contribution >= 0.6 is 12.2 Å². The molecule has 1 rings (SSSR count). The molecule has 23 heavy (non-hydrogen) atoms. The largest absolute Gasteiger partial charge is 0.350 e. The van der Waals surface area contributed by atoms with E-state index in [1.165, 1.54) is 31.6 Å². The Morgan fingerprint density at radius 3 is 2.04 bits per heavy atom. The van der Waals surface area contributed by atoms with Crippen molar-refractivity contribution in [1.29, 1.82) is 0 Å². The minimum absolute atomic E-state index is 0.912. The van der Waals surface area contributed by atoms with Crippen LogP contribution in [0.1, 0.15) is 59.4 Å². The number of nitrogens with one attached hydrogen (secondary N) is 1. The van der Waals surface area contributed by atoms with Crippen LogP contribution in [0.4, 0.5) is 0 Å². The predicted octanol–water partition coefficient (Wildman–Crippen LogP) is 5.50. The highest BCUT2D eigenvalue weighted by Gasteiger charge is 2.01. The monoisotopic (exact) mass is 334 g/mol. The number of hydrogen-bond acceptors (Lipinski definition) is 2. The summed E-state index contributed by atoms with van der Waals surface area (Å²) in [5.74, 6) is 0. The predicted molar refractivity (Wildman–Crippen MR) is 109 cm³/mol. The fraction of sp³-hybridized carbons (Fsp3) is 0.550. The van der Waals surface area contributed by atoms with E-state index in [9.17, 15) is 0 Å². The van der Waals surface area contributed by atoms with Crippen molar-refractivity contribution in [1.82, 2.24) is 10.2 Å². The van der Waals surface area contributed by atoms with Crippen LogP contribution in [0.25, 0.3) is 5.70 Å². The highest BCUT2D eigenvalue weighted by molar-refractivity contribution is 7.80. The third-order valence-electron chi connectivity index (χ3n) is 3.56. The van der Waals surface area contributed by atoms with E-state index in [0.29, 0.717) is 0 Å². The van der Waals surface area contributed by atoms with Gasteiger partial charge in [-0.1, -0.05) is 76.3 Å². The highest BCUT2D eigenvalue weighted by atomic mass is 32.1. The van der Waals surface area contributed by atoms with E-state index < -0.39 is 0 Å². The molecule has 0 saturated carbocycles. The quantitative estimate of drug-likeness (QED) is 0.632. The molecule has 0 heterocycles. The van der Waals surface area contributed by atoms with Gasteiger partial charge in [-0.3, -0.25) is 0 Å². The van der Waals surface area contributed by atoms with E-state index in [2.05, 4.69) is 56.1 Å². The molecule has 0 radical (unpaired) electrons. The molecule has 3 heteroatoms. The Labute approximate surface area is 149 Å². The van der Waals surface area contributed by atoms with Gasteiger partial charge in [0.25, 0.3) is 0 Å². The maximum atomic E-state index is 5.24. The lowest BCUT2D eigenvalue weighted by Crippen LogP contribution is -2.23. The minimum Gasteiger partial charge on any atom is -0.350 e. The Morgan fingerprint density at radius 2 is 1.65 bits per heavy atom. The molecule has 0 atom stereocenters. The Bertz CT molecular complexity index is 436. The summed E-state index contributed by atoms with van der Waals surface area (Å²) in [5.41, 5.74) is 2.27. The minimum atomic E-state index is 0.912. The van der Waals surface area contributed by atoms with E-state index in [1.807, 2.05) is 25.1 Å². The number of allylic oxidation sites excluding steroid dienone is 1. The molecular formula is C20H34N2S. The molecule has 130 valence electrons. The van der Waals surface area contributed by atoms with Gasteiger partial charge in [-0.2, -0.15) is 0 Å². The first-order valence-corrected chi connectivity index (χ1v) is 9.27. The van der Waals surface area contributed by atoms with Crippen molar-refractivity contribution in [2.24, 2.45) is 0 Å². The fourth-order valence-corrected chi connectivity index (χ4v) is 2.54. The lowest BCUT2D eigenvalue weighted by atomic mass is 10.1. The van der Waals surface area contributed by atoms with Gasteiger partial charge in [0.1, 0.15) is 0 Å². The molecule has 0 bridgehead atoms. The summed E-state index contributed by atoms with van der Waals surface area (Å²) < 4.78 is 0. The van der Waals surface area contributed by atoms with Crippen molar-refractivity contribution < 1.29 is 0 Å². The number of hydrogen-bond donors (Lipinski definition) is 1. The molecule has 0 aromatic heterocycles. The van der Waals surface area contributed by atoms with Crippen molar-refractivity contribution in [2.45, 2.75) is 53.9 Å². The van der Waals surface area contributed by atoms with Crippen LogP contribution in [0.5, 0.6) is 0 Å². The first-order valence-electron chi connectivity index (χ1n) is 8.86. The third-order valence-corrected chi connectivity index (χ3v) is 3.87. The molecule has 1 aromatic rings. The summed E-state index contributed by atoms with van der Waals surface area (Å²) >= 11 is 5.24. The summed E-state index contributed by atoms with van der Waals surface area (Å²) in [4.78, 5) is 3.34. The number of rotatable bonds is 8. The molecule has 0 aliphatic rings. The Kier molecular flexibility index (Phi) is 13.7. The Morgan fingerprint density at radius 1 is 1.04 bits per heavy atom. The fourth-order valence-electron chi connectivity index (χ4n) is 2.22. The second kappa shape index (κ2) is 14.4. The van der Waals surface area contributed by atoms with Gasteiger partial charge in [0, 0.05) is 5.70 Å². The van der Waals surface area contributed by atoms with Crippen LogP contribution in [-0.4, -0.2) is 29.5 Å². The third kappa shape index (κ3) is 10.2. The second-order valence-electron chi connectivity index (χ2n) is 5.39. The van der Waals surface area contributed by atoms with Crippen LogP contribution in [0, 0.1) is 0 Å². The molecule has 0 unspecified atom stereocenters. The smallest absolute Gasteiger partial charge is 0.0797 e. The van der Waals surface area contributed by atoms with E-state index in [4.69, 9.17) is 12.2 Å². The SMILES string of the molecule is C/C=C(\NC(=S)CCC)c1ccccc1.CCCN(CC)CC. The molecule has 1 N–H and O–H groups in total. The maximum absolute atomic E-state index is 5.24. The molecule has 0 fully saturated rings. The van der Waals surface area contributed by atoms with Gasteiger partial charge < -0.3 is 10.2 Å². The van der Waals surface area contributed by atoms with Gasteiger partial charge >= 0.3 is 0 Å². The molecule has 0 spiro atoms. The van der Waals surface area contributed by atoms with Crippen LogP contribution in [-0.2, 0) is 0 Å². The first-order chi connectivity index (χ1) is 11.1. The Hall–Kier alpha value is -1.19. The number of nitrogens with zero attached hydrogens (tertiary/aromatic N) is 1.